The molecule has 0 bridgehead atoms. The highest BCUT2D eigenvalue weighted by Crippen LogP contribution is 2.33. The molecule has 9 nitrogen and oxygen atoms in total. The average molecular weight is 561 g/mol. The fraction of sp³-hybridized carbons (Fsp3) is 0.259. The zero-order valence-electron chi connectivity index (χ0n) is 21.7. The Hall–Kier alpha value is -3.76. The number of rotatable bonds is 10. The molecule has 0 saturated heterocycles. The van der Waals surface area contributed by atoms with Gasteiger partial charge in [0.15, 0.2) is 11.5 Å². The van der Waals surface area contributed by atoms with Crippen LogP contribution in [0.2, 0.25) is 5.02 Å². The Morgan fingerprint density at radius 1 is 0.921 bits per heavy atom. The number of sulfonamides is 1. The van der Waals surface area contributed by atoms with Gasteiger partial charge < -0.3 is 19.5 Å². The first kappa shape index (κ1) is 28.8. The predicted octanol–water partition coefficient (Wildman–Crippen LogP) is 4.98. The molecule has 11 heteroatoms. The van der Waals surface area contributed by atoms with E-state index in [4.69, 9.17) is 25.8 Å². The summed E-state index contributed by atoms with van der Waals surface area (Å²) in [5, 5.41) is 2.81. The number of aryl methyl sites for hydroxylation is 2. The van der Waals surface area contributed by atoms with Crippen molar-refractivity contribution in [3.8, 4) is 11.5 Å². The van der Waals surface area contributed by atoms with Crippen LogP contribution in [-0.2, 0) is 19.6 Å². The summed E-state index contributed by atoms with van der Waals surface area (Å²) >= 11 is 6.11. The number of halogens is 1. The second kappa shape index (κ2) is 12.2. The summed E-state index contributed by atoms with van der Waals surface area (Å²) < 4.78 is 44.2. The minimum absolute atomic E-state index is 0.0791. The number of anilines is 2. The van der Waals surface area contributed by atoms with Gasteiger partial charge in [-0.2, -0.15) is 0 Å². The summed E-state index contributed by atoms with van der Waals surface area (Å²) in [6, 6.07) is 13.8. The Morgan fingerprint density at radius 2 is 1.58 bits per heavy atom. The van der Waals surface area contributed by atoms with Gasteiger partial charge in [-0.25, -0.2) is 13.2 Å². The van der Waals surface area contributed by atoms with Gasteiger partial charge in [-0.1, -0.05) is 17.7 Å². The van der Waals surface area contributed by atoms with Crippen LogP contribution < -0.4 is 19.1 Å². The van der Waals surface area contributed by atoms with E-state index in [2.05, 4.69) is 5.32 Å². The van der Waals surface area contributed by atoms with Gasteiger partial charge in [0.05, 0.1) is 42.0 Å². The van der Waals surface area contributed by atoms with Crippen molar-refractivity contribution < 1.29 is 32.2 Å². The quantitative estimate of drug-likeness (QED) is 0.348. The minimum Gasteiger partial charge on any atom is -0.493 e. The first-order chi connectivity index (χ1) is 18.0. The van der Waals surface area contributed by atoms with Crippen molar-refractivity contribution in [2.45, 2.75) is 25.7 Å². The number of amides is 1. The Kier molecular flexibility index (Phi) is 9.24. The maximum atomic E-state index is 13.8. The zero-order chi connectivity index (χ0) is 28.0. The van der Waals surface area contributed by atoms with Gasteiger partial charge in [0.25, 0.3) is 10.0 Å². The third kappa shape index (κ3) is 6.56. The second-order valence-corrected chi connectivity index (χ2v) is 10.6. The summed E-state index contributed by atoms with van der Waals surface area (Å²) in [7, 11) is -1.38. The number of nitrogens with zero attached hydrogens (tertiary/aromatic N) is 1. The lowest BCUT2D eigenvalue weighted by Gasteiger charge is -2.25. The van der Waals surface area contributed by atoms with E-state index in [1.165, 1.54) is 50.6 Å². The van der Waals surface area contributed by atoms with E-state index in [1.807, 2.05) is 19.9 Å². The third-order valence-corrected chi connectivity index (χ3v) is 7.57. The van der Waals surface area contributed by atoms with Crippen LogP contribution in [0, 0.1) is 13.8 Å². The second-order valence-electron chi connectivity index (χ2n) is 8.34. The molecule has 3 rings (SSSR count). The normalized spacial score (nSPS) is 11.0. The molecule has 0 fully saturated rings. The Labute approximate surface area is 227 Å². The van der Waals surface area contributed by atoms with Gasteiger partial charge in [-0.15, -0.1) is 0 Å². The molecule has 3 aromatic rings. The summed E-state index contributed by atoms with van der Waals surface area (Å²) in [6.07, 6.45) is 0. The maximum Gasteiger partial charge on any atom is 0.339 e. The van der Waals surface area contributed by atoms with E-state index in [1.54, 1.807) is 19.1 Å². The fourth-order valence-electron chi connectivity index (χ4n) is 3.81. The van der Waals surface area contributed by atoms with Gasteiger partial charge in [0, 0.05) is 11.8 Å². The maximum absolute atomic E-state index is 13.8. The summed E-state index contributed by atoms with van der Waals surface area (Å²) in [5.74, 6) is -0.680. The fourth-order valence-corrected chi connectivity index (χ4v) is 5.43. The lowest BCUT2D eigenvalue weighted by Crippen LogP contribution is -2.38. The number of hydrogen-bond acceptors (Lipinski definition) is 7. The number of esters is 1. The van der Waals surface area contributed by atoms with E-state index in [0.29, 0.717) is 11.4 Å². The highest BCUT2D eigenvalue weighted by molar-refractivity contribution is 7.92. The van der Waals surface area contributed by atoms with Crippen molar-refractivity contribution >= 4 is 44.9 Å². The summed E-state index contributed by atoms with van der Waals surface area (Å²) in [5.41, 5.74) is 2.30. The van der Waals surface area contributed by atoms with Gasteiger partial charge in [0.1, 0.15) is 6.54 Å². The van der Waals surface area contributed by atoms with Crippen LogP contribution in [0.15, 0.2) is 59.5 Å². The van der Waals surface area contributed by atoms with Crippen molar-refractivity contribution in [1.82, 2.24) is 0 Å². The first-order valence-electron chi connectivity index (χ1n) is 11.6. The molecule has 202 valence electrons. The molecule has 0 aliphatic carbocycles. The number of carbonyl (C=O) groups is 2. The molecule has 0 spiro atoms. The van der Waals surface area contributed by atoms with Crippen LogP contribution in [0.25, 0.3) is 0 Å². The monoisotopic (exact) mass is 560 g/mol. The molecule has 38 heavy (non-hydrogen) atoms. The van der Waals surface area contributed by atoms with Crippen LogP contribution >= 0.6 is 11.6 Å². The molecular formula is C27H29ClN2O7S. The van der Waals surface area contributed by atoms with Crippen molar-refractivity contribution in [2.75, 3.05) is 37.0 Å². The Morgan fingerprint density at radius 3 is 2.18 bits per heavy atom. The van der Waals surface area contributed by atoms with Crippen LogP contribution in [0.3, 0.4) is 0 Å². The SMILES string of the molecule is CCOC(=O)c1cc(NC(=O)CN(c2cc(C)cc(C)c2)S(=O)(=O)c2ccc(OC)c(OC)c2)ccc1Cl. The van der Waals surface area contributed by atoms with Crippen LogP contribution in [-0.4, -0.2) is 47.7 Å². The number of hydrogen-bond donors (Lipinski definition) is 1. The number of benzene rings is 3. The number of ether oxygens (including phenoxy) is 3. The van der Waals surface area contributed by atoms with Crippen molar-refractivity contribution in [1.29, 1.82) is 0 Å². The molecule has 0 radical (unpaired) electrons. The van der Waals surface area contributed by atoms with Gasteiger partial charge in [0.2, 0.25) is 5.91 Å². The molecular weight excluding hydrogens is 532 g/mol. The standard InChI is InChI=1S/C27H29ClN2O7S/c1-6-37-27(32)22-14-19(7-9-23(22)28)29-26(31)16-30(20-12-17(2)11-18(3)13-20)38(33,34)21-8-10-24(35-4)25(15-21)36-5/h7-15H,6,16H2,1-5H3,(H,29,31). The van der Waals surface area contributed by atoms with Crippen LogP contribution in [0.1, 0.15) is 28.4 Å². The lowest BCUT2D eigenvalue weighted by atomic mass is 10.1. The van der Waals surface area contributed by atoms with E-state index in [-0.39, 0.29) is 33.5 Å². The van der Waals surface area contributed by atoms with Crippen molar-refractivity contribution in [2.24, 2.45) is 0 Å². The molecule has 1 N–H and O–H groups in total. The summed E-state index contributed by atoms with van der Waals surface area (Å²) in [6.45, 7) is 4.95. The van der Waals surface area contributed by atoms with Crippen molar-refractivity contribution in [3.63, 3.8) is 0 Å². The molecule has 0 saturated carbocycles. The smallest absolute Gasteiger partial charge is 0.339 e. The largest absolute Gasteiger partial charge is 0.493 e. The van der Waals surface area contributed by atoms with E-state index in [0.717, 1.165) is 15.4 Å². The Bertz CT molecular complexity index is 1440. The summed E-state index contributed by atoms with van der Waals surface area (Å²) in [4.78, 5) is 25.3. The van der Waals surface area contributed by atoms with E-state index >= 15 is 0 Å². The first-order valence-corrected chi connectivity index (χ1v) is 13.4. The van der Waals surface area contributed by atoms with Crippen molar-refractivity contribution in [3.05, 3.63) is 76.3 Å². The van der Waals surface area contributed by atoms with E-state index in [9.17, 15) is 18.0 Å². The highest BCUT2D eigenvalue weighted by atomic mass is 35.5. The molecule has 3 aromatic carbocycles. The number of carbonyl (C=O) groups excluding carboxylic acids is 2. The molecule has 0 heterocycles. The average Bonchev–Trinajstić information content (AvgIpc) is 2.87. The zero-order valence-corrected chi connectivity index (χ0v) is 23.3. The number of nitrogens with one attached hydrogen (secondary N) is 1. The highest BCUT2D eigenvalue weighted by Gasteiger charge is 2.29. The Balaban J connectivity index is 2.00. The molecule has 0 aliphatic rings. The topological polar surface area (TPSA) is 111 Å². The lowest BCUT2D eigenvalue weighted by molar-refractivity contribution is -0.114. The van der Waals surface area contributed by atoms with Crippen LogP contribution in [0.5, 0.6) is 11.5 Å². The molecule has 0 aromatic heterocycles. The predicted molar refractivity (Wildman–Crippen MR) is 146 cm³/mol. The number of methoxy groups -OCH3 is 2. The molecule has 0 atom stereocenters. The minimum atomic E-state index is -4.23. The van der Waals surface area contributed by atoms with E-state index < -0.39 is 28.4 Å². The van der Waals surface area contributed by atoms with Gasteiger partial charge in [-0.3, -0.25) is 9.10 Å². The molecule has 0 aliphatic heterocycles. The van der Waals surface area contributed by atoms with Gasteiger partial charge >= 0.3 is 5.97 Å². The third-order valence-electron chi connectivity index (χ3n) is 5.47. The van der Waals surface area contributed by atoms with Crippen LogP contribution in [0.4, 0.5) is 11.4 Å². The van der Waals surface area contributed by atoms with Gasteiger partial charge in [-0.05, 0) is 74.4 Å². The molecule has 1 amide bonds. The molecule has 0 unspecified atom stereocenters.